The molecule has 2 atom stereocenters. The number of pyridine rings is 1. The SMILES string of the molecule is Cc1cccc(N2[C@]3(C=CS2(O)O)CCN(Cc2ccc(O)c(C4CC4)c2)[C@@H](C)C3)n1. The highest BCUT2D eigenvalue weighted by atomic mass is 32.3. The number of likely N-dealkylation sites (tertiary alicyclic amines) is 1. The van der Waals surface area contributed by atoms with Crippen molar-refractivity contribution in [2.45, 2.75) is 63.6 Å². The van der Waals surface area contributed by atoms with Gasteiger partial charge in [0.2, 0.25) is 0 Å². The van der Waals surface area contributed by atoms with Crippen LogP contribution in [0.4, 0.5) is 5.82 Å². The number of aryl methyl sites for hydroxylation is 1. The Bertz CT molecular complexity index is 1020. The Hall–Kier alpha value is -2.06. The molecular formula is C24H31N3O3S. The molecule has 6 nitrogen and oxygen atoms in total. The van der Waals surface area contributed by atoms with Gasteiger partial charge in [-0.25, -0.2) is 9.29 Å². The Morgan fingerprint density at radius 2 is 2.00 bits per heavy atom. The first-order chi connectivity index (χ1) is 14.8. The van der Waals surface area contributed by atoms with Crippen molar-refractivity contribution in [2.75, 3.05) is 10.8 Å². The summed E-state index contributed by atoms with van der Waals surface area (Å²) in [5.74, 6) is 1.56. The molecule has 7 heteroatoms. The van der Waals surface area contributed by atoms with Crippen LogP contribution in [0.25, 0.3) is 0 Å². The predicted octanol–water partition coefficient (Wildman–Crippen LogP) is 5.40. The Kier molecular flexibility index (Phi) is 5.05. The molecule has 1 saturated carbocycles. The molecule has 1 spiro atoms. The molecule has 5 rings (SSSR count). The summed E-state index contributed by atoms with van der Waals surface area (Å²) in [6, 6.07) is 12.0. The topological polar surface area (TPSA) is 80.1 Å². The third kappa shape index (κ3) is 3.84. The number of phenolic OH excluding ortho intramolecular Hbond substituents is 1. The van der Waals surface area contributed by atoms with E-state index in [0.717, 1.165) is 37.2 Å². The fourth-order valence-electron chi connectivity index (χ4n) is 5.15. The van der Waals surface area contributed by atoms with Crippen LogP contribution in [0.3, 0.4) is 0 Å². The van der Waals surface area contributed by atoms with Gasteiger partial charge in [-0.15, -0.1) is 0 Å². The summed E-state index contributed by atoms with van der Waals surface area (Å²) in [6.45, 7) is 5.82. The molecule has 166 valence electrons. The summed E-state index contributed by atoms with van der Waals surface area (Å²) in [5, 5.41) is 11.7. The number of aromatic hydroxyl groups is 1. The van der Waals surface area contributed by atoms with Crippen molar-refractivity contribution in [3.05, 3.63) is 64.7 Å². The first kappa shape index (κ1) is 20.8. The fraction of sp³-hybridized carbons (Fsp3) is 0.458. The van der Waals surface area contributed by atoms with Crippen molar-refractivity contribution in [1.29, 1.82) is 0 Å². The Morgan fingerprint density at radius 3 is 2.71 bits per heavy atom. The minimum atomic E-state index is -3.03. The highest BCUT2D eigenvalue weighted by Crippen LogP contribution is 2.59. The molecule has 0 bridgehead atoms. The van der Waals surface area contributed by atoms with Gasteiger partial charge in [0.15, 0.2) is 0 Å². The van der Waals surface area contributed by atoms with Gasteiger partial charge >= 0.3 is 0 Å². The minimum absolute atomic E-state index is 0.261. The monoisotopic (exact) mass is 441 g/mol. The molecule has 2 aromatic rings. The van der Waals surface area contributed by atoms with Crippen LogP contribution in [-0.4, -0.2) is 42.2 Å². The van der Waals surface area contributed by atoms with Crippen molar-refractivity contribution in [1.82, 2.24) is 9.88 Å². The van der Waals surface area contributed by atoms with Crippen LogP contribution in [0.5, 0.6) is 5.75 Å². The highest BCUT2D eigenvalue weighted by Gasteiger charge is 2.50. The normalized spacial score (nSPS) is 28.9. The zero-order valence-corrected chi connectivity index (χ0v) is 18.9. The second-order valence-electron chi connectivity index (χ2n) is 9.34. The Labute approximate surface area is 185 Å². The molecule has 0 amide bonds. The largest absolute Gasteiger partial charge is 0.508 e. The smallest absolute Gasteiger partial charge is 0.148 e. The number of rotatable bonds is 4. The molecule has 31 heavy (non-hydrogen) atoms. The standard InChI is InChI=1S/C24H31N3O3S/c1-17-4-3-5-23(25-17)27-24(11-13-31(27,29)30)10-12-26(18(2)15-24)16-19-6-9-22(28)21(14-19)20-7-8-20/h3-6,9,11,13-14,18,20,28-30H,7-8,10,12,15-16H2,1-2H3/t18-,24-/m0/s1. The lowest BCUT2D eigenvalue weighted by Gasteiger charge is -2.51. The summed E-state index contributed by atoms with van der Waals surface area (Å²) in [5.41, 5.74) is 2.73. The van der Waals surface area contributed by atoms with E-state index < -0.39 is 16.3 Å². The molecule has 3 heterocycles. The maximum Gasteiger partial charge on any atom is 0.148 e. The average Bonchev–Trinajstić information content (AvgIpc) is 3.52. The van der Waals surface area contributed by atoms with Crippen molar-refractivity contribution < 1.29 is 14.2 Å². The molecule has 0 unspecified atom stereocenters. The van der Waals surface area contributed by atoms with E-state index in [1.807, 2.05) is 43.3 Å². The van der Waals surface area contributed by atoms with E-state index in [9.17, 15) is 14.2 Å². The predicted molar refractivity (Wildman–Crippen MR) is 125 cm³/mol. The summed E-state index contributed by atoms with van der Waals surface area (Å²) in [7, 11) is -3.03. The van der Waals surface area contributed by atoms with Gasteiger partial charge in [0.25, 0.3) is 0 Å². The van der Waals surface area contributed by atoms with E-state index in [-0.39, 0.29) is 6.04 Å². The van der Waals surface area contributed by atoms with Crippen LogP contribution < -0.4 is 4.31 Å². The number of hydrogen-bond donors (Lipinski definition) is 3. The molecular weight excluding hydrogens is 410 g/mol. The summed E-state index contributed by atoms with van der Waals surface area (Å²) in [6.07, 6.45) is 5.92. The van der Waals surface area contributed by atoms with Crippen LogP contribution in [-0.2, 0) is 6.54 Å². The van der Waals surface area contributed by atoms with E-state index in [1.54, 1.807) is 9.71 Å². The van der Waals surface area contributed by atoms with Gasteiger partial charge in [-0.2, -0.15) is 0 Å². The molecule has 0 radical (unpaired) electrons. The Morgan fingerprint density at radius 1 is 1.19 bits per heavy atom. The van der Waals surface area contributed by atoms with Gasteiger partial charge in [0.1, 0.15) is 11.6 Å². The molecule has 1 saturated heterocycles. The van der Waals surface area contributed by atoms with Crippen molar-refractivity contribution in [2.24, 2.45) is 0 Å². The Balaban J connectivity index is 1.36. The minimum Gasteiger partial charge on any atom is -0.508 e. The van der Waals surface area contributed by atoms with Crippen LogP contribution in [0.2, 0.25) is 0 Å². The van der Waals surface area contributed by atoms with Crippen molar-refractivity contribution >= 4 is 16.6 Å². The van der Waals surface area contributed by atoms with Crippen LogP contribution in [0, 0.1) is 6.92 Å². The highest BCUT2D eigenvalue weighted by molar-refractivity contribution is 8.28. The summed E-state index contributed by atoms with van der Waals surface area (Å²) in [4.78, 5) is 7.05. The van der Waals surface area contributed by atoms with E-state index in [2.05, 4.69) is 22.9 Å². The van der Waals surface area contributed by atoms with Crippen molar-refractivity contribution in [3.63, 3.8) is 0 Å². The second-order valence-corrected chi connectivity index (χ2v) is 11.1. The molecule has 1 aliphatic carbocycles. The molecule has 2 fully saturated rings. The molecule has 1 aromatic heterocycles. The fourth-order valence-corrected chi connectivity index (χ4v) is 6.85. The number of benzene rings is 1. The number of phenols is 1. The first-order valence-corrected chi connectivity index (χ1v) is 12.6. The number of aromatic nitrogens is 1. The average molecular weight is 442 g/mol. The number of nitrogens with zero attached hydrogens (tertiary/aromatic N) is 3. The summed E-state index contributed by atoms with van der Waals surface area (Å²) >= 11 is 0. The van der Waals surface area contributed by atoms with E-state index in [4.69, 9.17) is 0 Å². The molecule has 1 aromatic carbocycles. The second kappa shape index (κ2) is 7.52. The lowest BCUT2D eigenvalue weighted by Crippen LogP contribution is -2.55. The molecule has 3 N–H and O–H groups in total. The van der Waals surface area contributed by atoms with Gasteiger partial charge in [0, 0.05) is 30.2 Å². The lowest BCUT2D eigenvalue weighted by molar-refractivity contribution is 0.119. The zero-order valence-electron chi connectivity index (χ0n) is 18.1. The number of piperidine rings is 1. The van der Waals surface area contributed by atoms with E-state index >= 15 is 0 Å². The quantitative estimate of drug-likeness (QED) is 0.590. The zero-order chi connectivity index (χ0) is 21.8. The van der Waals surface area contributed by atoms with E-state index in [1.165, 1.54) is 18.4 Å². The third-order valence-corrected chi connectivity index (χ3v) is 8.50. The van der Waals surface area contributed by atoms with Gasteiger partial charge in [-0.3, -0.25) is 14.0 Å². The van der Waals surface area contributed by atoms with Crippen molar-refractivity contribution in [3.8, 4) is 5.75 Å². The van der Waals surface area contributed by atoms with Gasteiger partial charge in [-0.1, -0.05) is 29.0 Å². The lowest BCUT2D eigenvalue weighted by atomic mass is 9.83. The maximum atomic E-state index is 10.8. The van der Waals surface area contributed by atoms with Gasteiger partial charge in [0.05, 0.1) is 5.54 Å². The first-order valence-electron chi connectivity index (χ1n) is 11.0. The van der Waals surface area contributed by atoms with Crippen LogP contribution >= 0.6 is 10.8 Å². The third-order valence-electron chi connectivity index (χ3n) is 6.91. The summed E-state index contributed by atoms with van der Waals surface area (Å²) < 4.78 is 23.4. The van der Waals surface area contributed by atoms with Crippen LogP contribution in [0.1, 0.15) is 55.3 Å². The molecule has 2 aliphatic heterocycles. The number of anilines is 1. The van der Waals surface area contributed by atoms with E-state index in [0.29, 0.717) is 17.5 Å². The number of hydrogen-bond acceptors (Lipinski definition) is 6. The molecule has 3 aliphatic rings. The van der Waals surface area contributed by atoms with Gasteiger partial charge < -0.3 is 5.11 Å². The van der Waals surface area contributed by atoms with Gasteiger partial charge in [-0.05, 0) is 80.9 Å². The van der Waals surface area contributed by atoms with Crippen LogP contribution in [0.15, 0.2) is 47.9 Å². The maximum absolute atomic E-state index is 10.8.